The summed E-state index contributed by atoms with van der Waals surface area (Å²) in [6.45, 7) is 0.739. The molecule has 0 radical (unpaired) electrons. The van der Waals surface area contributed by atoms with Gasteiger partial charge in [0.05, 0.1) is 7.11 Å². The van der Waals surface area contributed by atoms with Gasteiger partial charge < -0.3 is 15.2 Å². The molecule has 15 heavy (non-hydrogen) atoms. The number of rotatable bonds is 5. The van der Waals surface area contributed by atoms with Gasteiger partial charge in [-0.05, 0) is 6.92 Å². The highest BCUT2D eigenvalue weighted by Gasteiger charge is 2.15. The molecule has 8 heteroatoms. The number of urea groups is 1. The van der Waals surface area contributed by atoms with E-state index in [-0.39, 0.29) is 0 Å². The third-order valence-electron chi connectivity index (χ3n) is 1.26. The van der Waals surface area contributed by atoms with E-state index in [1.165, 1.54) is 14.0 Å². The van der Waals surface area contributed by atoms with Gasteiger partial charge in [-0.25, -0.2) is 19.9 Å². The molecule has 1 unspecified atom stereocenters. The molecule has 0 aliphatic heterocycles. The predicted octanol–water partition coefficient (Wildman–Crippen LogP) is -1.14. The molecule has 0 saturated heterocycles. The summed E-state index contributed by atoms with van der Waals surface area (Å²) in [5, 5.41) is 10.3. The van der Waals surface area contributed by atoms with Crippen LogP contribution in [0.2, 0.25) is 0 Å². The first-order valence-corrected chi connectivity index (χ1v) is 3.95. The van der Waals surface area contributed by atoms with Crippen LogP contribution < -0.4 is 10.8 Å². The van der Waals surface area contributed by atoms with Crippen molar-refractivity contribution >= 4 is 18.0 Å². The van der Waals surface area contributed by atoms with E-state index in [4.69, 9.17) is 5.11 Å². The number of nitrogens with one attached hydrogen (secondary N) is 2. The first-order chi connectivity index (χ1) is 6.97. The first-order valence-electron chi connectivity index (χ1n) is 3.95. The lowest BCUT2D eigenvalue weighted by Crippen LogP contribution is -2.45. The minimum atomic E-state index is -1.23. The zero-order chi connectivity index (χ0) is 11.8. The molecule has 1 atom stereocenters. The summed E-state index contributed by atoms with van der Waals surface area (Å²) in [5.41, 5.74) is 1.79. The number of ether oxygens (including phenoxy) is 1. The minimum absolute atomic E-state index is 0.622. The molecule has 2 amide bonds. The average molecular weight is 220 g/mol. The second kappa shape index (κ2) is 6.60. The summed E-state index contributed by atoms with van der Waals surface area (Å²) in [7, 11) is 1.18. The molecule has 0 bridgehead atoms. The van der Waals surface area contributed by atoms with Gasteiger partial charge in [0, 0.05) is 0 Å². The molecule has 0 aromatic carbocycles. The fourth-order valence-corrected chi connectivity index (χ4v) is 0.625. The van der Waals surface area contributed by atoms with Crippen LogP contribution in [0.5, 0.6) is 0 Å². The number of hydrogen-bond acceptors (Lipinski definition) is 5. The number of amides is 2. The summed E-state index contributed by atoms with van der Waals surface area (Å²) >= 11 is 0. The number of methoxy groups -OCH3 is 1. The standard InChI is InChI=1S/C7H12N2O6/c1-4(6(12)14-2)8-7(13)9-15-3-5(10)11/h4H,3H2,1-2H3,(H,10,11)(H2,8,9,13). The van der Waals surface area contributed by atoms with E-state index in [9.17, 15) is 14.4 Å². The molecule has 3 N–H and O–H groups in total. The fraction of sp³-hybridized carbons (Fsp3) is 0.571. The van der Waals surface area contributed by atoms with Gasteiger partial charge in [-0.3, -0.25) is 4.84 Å². The fourth-order valence-electron chi connectivity index (χ4n) is 0.625. The minimum Gasteiger partial charge on any atom is -0.479 e. The maximum atomic E-state index is 10.9. The van der Waals surface area contributed by atoms with Crippen molar-refractivity contribution in [2.24, 2.45) is 0 Å². The Labute approximate surface area is 85.5 Å². The van der Waals surface area contributed by atoms with Crippen LogP contribution in [0.1, 0.15) is 6.92 Å². The Morgan fingerprint density at radius 2 is 2.00 bits per heavy atom. The van der Waals surface area contributed by atoms with Crippen molar-refractivity contribution < 1.29 is 29.1 Å². The smallest absolute Gasteiger partial charge is 0.339 e. The van der Waals surface area contributed by atoms with E-state index < -0.39 is 30.6 Å². The molecular weight excluding hydrogens is 208 g/mol. The number of carboxylic acids is 1. The molecule has 0 heterocycles. The highest BCUT2D eigenvalue weighted by Crippen LogP contribution is 1.85. The van der Waals surface area contributed by atoms with Crippen LogP contribution in [0.4, 0.5) is 4.79 Å². The Hall–Kier alpha value is -1.83. The quantitative estimate of drug-likeness (QED) is 0.398. The predicted molar refractivity (Wildman–Crippen MR) is 46.7 cm³/mol. The second-order valence-corrected chi connectivity index (χ2v) is 2.50. The van der Waals surface area contributed by atoms with Gasteiger partial charge >= 0.3 is 18.0 Å². The zero-order valence-electron chi connectivity index (χ0n) is 8.27. The zero-order valence-corrected chi connectivity index (χ0v) is 8.27. The molecule has 0 saturated carbocycles. The van der Waals surface area contributed by atoms with Crippen molar-refractivity contribution in [3.8, 4) is 0 Å². The summed E-state index contributed by atoms with van der Waals surface area (Å²) in [4.78, 5) is 36.0. The Morgan fingerprint density at radius 1 is 1.40 bits per heavy atom. The van der Waals surface area contributed by atoms with Gasteiger partial charge in [-0.2, -0.15) is 0 Å². The number of aliphatic carboxylic acids is 1. The van der Waals surface area contributed by atoms with Crippen LogP contribution in [0, 0.1) is 0 Å². The molecule has 0 spiro atoms. The Kier molecular flexibility index (Phi) is 5.79. The highest BCUT2D eigenvalue weighted by molar-refractivity contribution is 5.82. The number of carbonyl (C=O) groups excluding carboxylic acids is 2. The largest absolute Gasteiger partial charge is 0.479 e. The highest BCUT2D eigenvalue weighted by atomic mass is 16.7. The first kappa shape index (κ1) is 13.2. The van der Waals surface area contributed by atoms with Crippen molar-refractivity contribution in [2.75, 3.05) is 13.7 Å². The van der Waals surface area contributed by atoms with Gasteiger partial charge in [-0.15, -0.1) is 0 Å². The molecule has 0 aliphatic carbocycles. The van der Waals surface area contributed by atoms with Gasteiger partial charge in [0.15, 0.2) is 6.61 Å². The van der Waals surface area contributed by atoms with Crippen molar-refractivity contribution in [2.45, 2.75) is 13.0 Å². The van der Waals surface area contributed by atoms with E-state index in [2.05, 4.69) is 14.9 Å². The van der Waals surface area contributed by atoms with E-state index in [0.29, 0.717) is 0 Å². The molecular formula is C7H12N2O6. The van der Waals surface area contributed by atoms with Crippen LogP contribution >= 0.6 is 0 Å². The van der Waals surface area contributed by atoms with Crippen LogP contribution in [-0.2, 0) is 19.2 Å². The monoisotopic (exact) mass is 220 g/mol. The molecule has 0 rings (SSSR count). The number of carboxylic acid groups (broad SMARTS) is 1. The number of hydroxylamine groups is 1. The lowest BCUT2D eigenvalue weighted by molar-refractivity contribution is -0.145. The molecule has 8 nitrogen and oxygen atoms in total. The molecule has 0 fully saturated rings. The molecule has 0 aromatic heterocycles. The van der Waals surface area contributed by atoms with Gasteiger partial charge in [0.1, 0.15) is 6.04 Å². The molecule has 0 aromatic rings. The maximum absolute atomic E-state index is 10.9. The summed E-state index contributed by atoms with van der Waals surface area (Å²) in [6, 6.07) is -1.67. The lowest BCUT2D eigenvalue weighted by Gasteiger charge is -2.11. The van der Waals surface area contributed by atoms with Crippen LogP contribution in [0.25, 0.3) is 0 Å². The summed E-state index contributed by atoms with van der Waals surface area (Å²) < 4.78 is 4.34. The third kappa shape index (κ3) is 6.27. The van der Waals surface area contributed by atoms with E-state index in [0.717, 1.165) is 0 Å². The third-order valence-corrected chi connectivity index (χ3v) is 1.26. The second-order valence-electron chi connectivity index (χ2n) is 2.50. The van der Waals surface area contributed by atoms with Crippen molar-refractivity contribution in [3.63, 3.8) is 0 Å². The maximum Gasteiger partial charge on any atom is 0.339 e. The van der Waals surface area contributed by atoms with Gasteiger partial charge in [0.2, 0.25) is 0 Å². The van der Waals surface area contributed by atoms with Gasteiger partial charge in [-0.1, -0.05) is 0 Å². The normalized spacial score (nSPS) is 11.3. The van der Waals surface area contributed by atoms with Crippen LogP contribution in [-0.4, -0.2) is 42.8 Å². The van der Waals surface area contributed by atoms with Gasteiger partial charge in [0.25, 0.3) is 0 Å². The van der Waals surface area contributed by atoms with Crippen LogP contribution in [0.3, 0.4) is 0 Å². The van der Waals surface area contributed by atoms with E-state index >= 15 is 0 Å². The number of hydrogen-bond donors (Lipinski definition) is 3. The average Bonchev–Trinajstić information content (AvgIpc) is 2.15. The summed E-state index contributed by atoms with van der Waals surface area (Å²) in [6.07, 6.45) is 0. The SMILES string of the molecule is COC(=O)C(C)NC(=O)NOCC(=O)O. The van der Waals surface area contributed by atoms with Crippen molar-refractivity contribution in [1.29, 1.82) is 0 Å². The topological polar surface area (TPSA) is 114 Å². The number of esters is 1. The Balaban J connectivity index is 3.74. The molecule has 0 aliphatic rings. The Morgan fingerprint density at radius 3 is 2.47 bits per heavy atom. The lowest BCUT2D eigenvalue weighted by atomic mass is 10.3. The molecule has 86 valence electrons. The Bertz CT molecular complexity index is 254. The van der Waals surface area contributed by atoms with Crippen LogP contribution in [0.15, 0.2) is 0 Å². The van der Waals surface area contributed by atoms with Crippen molar-refractivity contribution in [1.82, 2.24) is 10.8 Å². The van der Waals surface area contributed by atoms with Crippen molar-refractivity contribution in [3.05, 3.63) is 0 Å². The van der Waals surface area contributed by atoms with E-state index in [1.807, 2.05) is 0 Å². The van der Waals surface area contributed by atoms with E-state index in [1.54, 1.807) is 5.48 Å². The number of carbonyl (C=O) groups is 3. The summed E-state index contributed by atoms with van der Waals surface area (Å²) in [5.74, 6) is -1.85.